The summed E-state index contributed by atoms with van der Waals surface area (Å²) >= 11 is 5.95. The summed E-state index contributed by atoms with van der Waals surface area (Å²) in [5.74, 6) is 0.0858. The van der Waals surface area contributed by atoms with Crippen molar-refractivity contribution in [3.05, 3.63) is 38.9 Å². The van der Waals surface area contributed by atoms with Gasteiger partial charge >= 0.3 is 0 Å². The Balaban J connectivity index is 2.17. The van der Waals surface area contributed by atoms with Crippen molar-refractivity contribution in [2.45, 2.75) is 38.6 Å². The summed E-state index contributed by atoms with van der Waals surface area (Å²) in [5, 5.41) is 13.7. The molecular formula is C14H17ClN2O3. The molecule has 1 saturated carbocycles. The minimum absolute atomic E-state index is 0.0986. The molecule has 0 bridgehead atoms. The average molecular weight is 297 g/mol. The van der Waals surface area contributed by atoms with Gasteiger partial charge in [-0.25, -0.2) is 0 Å². The number of benzene rings is 1. The minimum Gasteiger partial charge on any atom is -0.349 e. The maximum Gasteiger partial charge on any atom is 0.288 e. The molecule has 1 aliphatic carbocycles. The molecule has 0 aliphatic heterocycles. The quantitative estimate of drug-likeness (QED) is 0.684. The Morgan fingerprint density at radius 3 is 2.75 bits per heavy atom. The van der Waals surface area contributed by atoms with Gasteiger partial charge in [-0.2, -0.15) is 0 Å². The summed E-state index contributed by atoms with van der Waals surface area (Å²) in [6.07, 6.45) is 4.32. The maximum atomic E-state index is 12.2. The number of halogens is 1. The third-order valence-electron chi connectivity index (χ3n) is 3.85. The maximum absolute atomic E-state index is 12.2. The van der Waals surface area contributed by atoms with E-state index in [4.69, 9.17) is 11.6 Å². The van der Waals surface area contributed by atoms with Crippen LogP contribution < -0.4 is 5.32 Å². The zero-order valence-electron chi connectivity index (χ0n) is 11.3. The van der Waals surface area contributed by atoms with E-state index in [-0.39, 0.29) is 28.2 Å². The Labute approximate surface area is 122 Å². The molecule has 0 heterocycles. The van der Waals surface area contributed by atoms with Crippen molar-refractivity contribution in [2.75, 3.05) is 0 Å². The van der Waals surface area contributed by atoms with Gasteiger partial charge in [0, 0.05) is 12.1 Å². The summed E-state index contributed by atoms with van der Waals surface area (Å²) in [4.78, 5) is 22.5. The van der Waals surface area contributed by atoms with Gasteiger partial charge in [0.25, 0.3) is 11.6 Å². The number of nitro benzene ring substituents is 1. The molecule has 0 radical (unpaired) electrons. The number of hydrogen-bond acceptors (Lipinski definition) is 3. The zero-order valence-corrected chi connectivity index (χ0v) is 12.0. The van der Waals surface area contributed by atoms with Gasteiger partial charge in [0.05, 0.1) is 10.5 Å². The van der Waals surface area contributed by atoms with Crippen LogP contribution in [0.5, 0.6) is 0 Å². The predicted molar refractivity (Wildman–Crippen MR) is 77.0 cm³/mol. The number of nitrogens with zero attached hydrogens (tertiary/aromatic N) is 1. The van der Waals surface area contributed by atoms with Gasteiger partial charge in [-0.05, 0) is 24.8 Å². The fourth-order valence-electron chi connectivity index (χ4n) is 2.61. The molecule has 1 N–H and O–H groups in total. The molecule has 2 unspecified atom stereocenters. The first-order valence-electron chi connectivity index (χ1n) is 6.74. The molecule has 1 aromatic carbocycles. The SMILES string of the molecule is CC1CCCCC1NC(=O)c1cccc([N+](=O)[O-])c1Cl. The highest BCUT2D eigenvalue weighted by Gasteiger charge is 2.25. The van der Waals surface area contributed by atoms with Crippen LogP contribution >= 0.6 is 11.6 Å². The van der Waals surface area contributed by atoms with Gasteiger partial charge in [-0.1, -0.05) is 37.4 Å². The Bertz CT molecular complexity index is 533. The van der Waals surface area contributed by atoms with E-state index in [1.54, 1.807) is 0 Å². The first-order valence-corrected chi connectivity index (χ1v) is 7.12. The summed E-state index contributed by atoms with van der Waals surface area (Å²) in [7, 11) is 0. The predicted octanol–water partition coefficient (Wildman–Crippen LogP) is 3.56. The van der Waals surface area contributed by atoms with Crippen molar-refractivity contribution in [1.82, 2.24) is 5.32 Å². The van der Waals surface area contributed by atoms with Crippen LogP contribution in [0.3, 0.4) is 0 Å². The number of hydrogen-bond donors (Lipinski definition) is 1. The highest BCUT2D eigenvalue weighted by Crippen LogP contribution is 2.29. The van der Waals surface area contributed by atoms with Crippen molar-refractivity contribution in [3.8, 4) is 0 Å². The highest BCUT2D eigenvalue weighted by molar-refractivity contribution is 6.35. The molecule has 1 fully saturated rings. The van der Waals surface area contributed by atoms with Crippen LogP contribution in [0.15, 0.2) is 18.2 Å². The van der Waals surface area contributed by atoms with Crippen LogP contribution in [-0.4, -0.2) is 16.9 Å². The molecule has 20 heavy (non-hydrogen) atoms. The largest absolute Gasteiger partial charge is 0.349 e. The average Bonchev–Trinajstić information content (AvgIpc) is 2.41. The lowest BCUT2D eigenvalue weighted by atomic mass is 9.86. The third kappa shape index (κ3) is 3.10. The van der Waals surface area contributed by atoms with Crippen LogP contribution in [-0.2, 0) is 0 Å². The molecule has 0 aromatic heterocycles. The van der Waals surface area contributed by atoms with Gasteiger partial charge < -0.3 is 5.32 Å². The van der Waals surface area contributed by atoms with E-state index < -0.39 is 4.92 Å². The number of nitro groups is 1. The Hall–Kier alpha value is -1.62. The van der Waals surface area contributed by atoms with Crippen molar-refractivity contribution in [2.24, 2.45) is 5.92 Å². The number of carbonyl (C=O) groups excluding carboxylic acids is 1. The third-order valence-corrected chi connectivity index (χ3v) is 4.24. The van der Waals surface area contributed by atoms with E-state index in [9.17, 15) is 14.9 Å². The highest BCUT2D eigenvalue weighted by atomic mass is 35.5. The first-order chi connectivity index (χ1) is 9.50. The Kier molecular flexibility index (Phi) is 4.60. The van der Waals surface area contributed by atoms with Gasteiger partial charge in [-0.15, -0.1) is 0 Å². The second-order valence-electron chi connectivity index (χ2n) is 5.24. The number of amides is 1. The van der Waals surface area contributed by atoms with E-state index in [0.29, 0.717) is 5.92 Å². The smallest absolute Gasteiger partial charge is 0.288 e. The topological polar surface area (TPSA) is 72.2 Å². The molecule has 5 nitrogen and oxygen atoms in total. The molecule has 1 amide bonds. The lowest BCUT2D eigenvalue weighted by Crippen LogP contribution is -2.41. The molecule has 0 spiro atoms. The first kappa shape index (κ1) is 14.8. The lowest BCUT2D eigenvalue weighted by molar-refractivity contribution is -0.384. The fraction of sp³-hybridized carbons (Fsp3) is 0.500. The van der Waals surface area contributed by atoms with Crippen LogP contribution in [0.2, 0.25) is 5.02 Å². The monoisotopic (exact) mass is 296 g/mol. The normalized spacial score (nSPS) is 22.3. The van der Waals surface area contributed by atoms with E-state index in [2.05, 4.69) is 12.2 Å². The van der Waals surface area contributed by atoms with Gasteiger partial charge in [-0.3, -0.25) is 14.9 Å². The lowest BCUT2D eigenvalue weighted by Gasteiger charge is -2.29. The van der Waals surface area contributed by atoms with Crippen LogP contribution in [0.4, 0.5) is 5.69 Å². The molecule has 1 aromatic rings. The minimum atomic E-state index is -0.581. The fourth-order valence-corrected chi connectivity index (χ4v) is 2.89. The van der Waals surface area contributed by atoms with Crippen LogP contribution in [0.25, 0.3) is 0 Å². The molecule has 6 heteroatoms. The second-order valence-corrected chi connectivity index (χ2v) is 5.62. The molecule has 0 saturated heterocycles. The Morgan fingerprint density at radius 1 is 1.40 bits per heavy atom. The second kappa shape index (κ2) is 6.22. The number of rotatable bonds is 3. The molecule has 2 atom stereocenters. The van der Waals surface area contributed by atoms with Crippen molar-refractivity contribution in [3.63, 3.8) is 0 Å². The molecule has 1 aliphatic rings. The van der Waals surface area contributed by atoms with E-state index >= 15 is 0 Å². The van der Waals surface area contributed by atoms with Gasteiger partial charge in [0.15, 0.2) is 0 Å². The standard InChI is InChI=1S/C14H17ClN2O3/c1-9-5-2-3-7-11(9)16-14(18)10-6-4-8-12(13(10)15)17(19)20/h4,6,8-9,11H,2-3,5,7H2,1H3,(H,16,18). The van der Waals surface area contributed by atoms with Crippen molar-refractivity contribution >= 4 is 23.2 Å². The number of carbonyl (C=O) groups is 1. The van der Waals surface area contributed by atoms with E-state index in [0.717, 1.165) is 19.3 Å². The van der Waals surface area contributed by atoms with E-state index in [1.807, 2.05) is 0 Å². The van der Waals surface area contributed by atoms with Crippen molar-refractivity contribution in [1.29, 1.82) is 0 Å². The summed E-state index contributed by atoms with van der Waals surface area (Å²) in [6.45, 7) is 2.11. The molecule has 108 valence electrons. The van der Waals surface area contributed by atoms with Gasteiger partial charge in [0.2, 0.25) is 0 Å². The zero-order chi connectivity index (χ0) is 14.7. The van der Waals surface area contributed by atoms with Crippen LogP contribution in [0.1, 0.15) is 43.0 Å². The summed E-state index contributed by atoms with van der Waals surface area (Å²) < 4.78 is 0. The number of nitrogens with one attached hydrogen (secondary N) is 1. The van der Waals surface area contributed by atoms with Crippen molar-refractivity contribution < 1.29 is 9.72 Å². The molecule has 2 rings (SSSR count). The van der Waals surface area contributed by atoms with Gasteiger partial charge in [0.1, 0.15) is 5.02 Å². The van der Waals surface area contributed by atoms with E-state index in [1.165, 1.54) is 24.6 Å². The Morgan fingerprint density at radius 2 is 2.10 bits per heavy atom. The van der Waals surface area contributed by atoms with Crippen LogP contribution in [0, 0.1) is 16.0 Å². The summed E-state index contributed by atoms with van der Waals surface area (Å²) in [6, 6.07) is 4.40. The summed E-state index contributed by atoms with van der Waals surface area (Å²) in [5.41, 5.74) is -0.0744. The molecular weight excluding hydrogens is 280 g/mol.